The SMILES string of the molecule is COc1ccc2nc(SCC(=O)Nc3ncccn3)[nH]c2c1. The summed E-state index contributed by atoms with van der Waals surface area (Å²) in [5.74, 6) is 1.08. The lowest BCUT2D eigenvalue weighted by Crippen LogP contribution is -2.15. The molecular weight excluding hydrogens is 302 g/mol. The Balaban J connectivity index is 1.62. The van der Waals surface area contributed by atoms with Crippen LogP contribution in [-0.2, 0) is 4.79 Å². The van der Waals surface area contributed by atoms with Crippen molar-refractivity contribution in [2.45, 2.75) is 5.16 Å². The molecule has 0 radical (unpaired) electrons. The summed E-state index contributed by atoms with van der Waals surface area (Å²) < 4.78 is 5.16. The number of nitrogens with one attached hydrogen (secondary N) is 2. The summed E-state index contributed by atoms with van der Waals surface area (Å²) in [5, 5.41) is 3.29. The quantitative estimate of drug-likeness (QED) is 0.700. The van der Waals surface area contributed by atoms with Crippen molar-refractivity contribution >= 4 is 34.7 Å². The van der Waals surface area contributed by atoms with Gasteiger partial charge in [-0.2, -0.15) is 0 Å². The van der Waals surface area contributed by atoms with Gasteiger partial charge in [0.15, 0.2) is 5.16 Å². The molecule has 2 aromatic heterocycles. The summed E-state index contributed by atoms with van der Waals surface area (Å²) in [4.78, 5) is 27.3. The van der Waals surface area contributed by atoms with Crippen molar-refractivity contribution < 1.29 is 9.53 Å². The van der Waals surface area contributed by atoms with Gasteiger partial charge in [-0.05, 0) is 18.2 Å². The molecule has 0 spiro atoms. The Morgan fingerprint density at radius 3 is 2.95 bits per heavy atom. The smallest absolute Gasteiger partial charge is 0.237 e. The zero-order valence-electron chi connectivity index (χ0n) is 11.7. The van der Waals surface area contributed by atoms with E-state index in [9.17, 15) is 4.79 Å². The molecule has 0 unspecified atom stereocenters. The standard InChI is InChI=1S/C14H13N5O2S/c1-21-9-3-4-10-11(7-9)18-14(17-10)22-8-12(20)19-13-15-5-2-6-16-13/h2-7H,8H2,1H3,(H,17,18)(H,15,16,19,20). The Kier molecular flexibility index (Phi) is 4.19. The number of nitrogens with zero attached hydrogens (tertiary/aromatic N) is 3. The van der Waals surface area contributed by atoms with E-state index in [1.54, 1.807) is 25.6 Å². The highest BCUT2D eigenvalue weighted by Gasteiger charge is 2.09. The summed E-state index contributed by atoms with van der Waals surface area (Å²) in [6, 6.07) is 7.26. The number of H-pyrrole nitrogens is 1. The molecule has 0 aliphatic rings. The third kappa shape index (κ3) is 3.34. The van der Waals surface area contributed by atoms with Crippen LogP contribution in [-0.4, -0.2) is 38.7 Å². The van der Waals surface area contributed by atoms with Crippen LogP contribution in [0.25, 0.3) is 11.0 Å². The molecule has 3 rings (SSSR count). The van der Waals surface area contributed by atoms with E-state index >= 15 is 0 Å². The second-order valence-corrected chi connectivity index (χ2v) is 5.30. The second kappa shape index (κ2) is 6.44. The number of benzene rings is 1. The Bertz CT molecular complexity index is 790. The monoisotopic (exact) mass is 315 g/mol. The van der Waals surface area contributed by atoms with Crippen LogP contribution < -0.4 is 10.1 Å². The number of methoxy groups -OCH3 is 1. The molecule has 2 N–H and O–H groups in total. The van der Waals surface area contributed by atoms with E-state index in [-0.39, 0.29) is 11.7 Å². The zero-order chi connectivity index (χ0) is 15.4. The molecule has 1 amide bonds. The first-order valence-corrected chi connectivity index (χ1v) is 7.46. The van der Waals surface area contributed by atoms with Crippen molar-refractivity contribution in [2.24, 2.45) is 0 Å². The average Bonchev–Trinajstić information content (AvgIpc) is 2.95. The number of hydrogen-bond donors (Lipinski definition) is 2. The van der Waals surface area contributed by atoms with E-state index in [1.165, 1.54) is 11.8 Å². The van der Waals surface area contributed by atoms with Crippen LogP contribution in [0.3, 0.4) is 0 Å². The van der Waals surface area contributed by atoms with Gasteiger partial charge in [0.25, 0.3) is 0 Å². The molecule has 2 heterocycles. The minimum Gasteiger partial charge on any atom is -0.497 e. The zero-order valence-corrected chi connectivity index (χ0v) is 12.6. The maximum Gasteiger partial charge on any atom is 0.237 e. The number of carbonyl (C=O) groups is 1. The first-order valence-electron chi connectivity index (χ1n) is 6.48. The number of anilines is 1. The highest BCUT2D eigenvalue weighted by atomic mass is 32.2. The first-order chi connectivity index (χ1) is 10.7. The summed E-state index contributed by atoms with van der Waals surface area (Å²) in [5.41, 5.74) is 1.70. The highest BCUT2D eigenvalue weighted by molar-refractivity contribution is 7.99. The molecule has 22 heavy (non-hydrogen) atoms. The fourth-order valence-electron chi connectivity index (χ4n) is 1.82. The molecule has 8 heteroatoms. The molecule has 0 saturated heterocycles. The third-order valence-electron chi connectivity index (χ3n) is 2.82. The molecule has 1 aromatic carbocycles. The van der Waals surface area contributed by atoms with Gasteiger partial charge in [-0.3, -0.25) is 10.1 Å². The van der Waals surface area contributed by atoms with E-state index in [0.717, 1.165) is 16.8 Å². The molecule has 0 bridgehead atoms. The van der Waals surface area contributed by atoms with Crippen LogP contribution in [0.15, 0.2) is 41.8 Å². The fourth-order valence-corrected chi connectivity index (χ4v) is 2.50. The van der Waals surface area contributed by atoms with E-state index in [0.29, 0.717) is 11.1 Å². The van der Waals surface area contributed by atoms with Gasteiger partial charge in [0, 0.05) is 18.5 Å². The Hall–Kier alpha value is -2.61. The van der Waals surface area contributed by atoms with E-state index < -0.39 is 0 Å². The summed E-state index contributed by atoms with van der Waals surface area (Å²) >= 11 is 1.31. The van der Waals surface area contributed by atoms with Gasteiger partial charge in [0.05, 0.1) is 23.9 Å². The lowest BCUT2D eigenvalue weighted by Gasteiger charge is -2.01. The van der Waals surface area contributed by atoms with Crippen molar-refractivity contribution in [1.82, 2.24) is 19.9 Å². The number of amides is 1. The topological polar surface area (TPSA) is 92.8 Å². The highest BCUT2D eigenvalue weighted by Crippen LogP contribution is 2.23. The number of imidazole rings is 1. The number of rotatable bonds is 5. The van der Waals surface area contributed by atoms with Gasteiger partial charge in [0.1, 0.15) is 5.75 Å². The summed E-state index contributed by atoms with van der Waals surface area (Å²) in [6.45, 7) is 0. The minimum absolute atomic E-state index is 0.186. The van der Waals surface area contributed by atoms with Crippen LogP contribution in [0.1, 0.15) is 0 Å². The van der Waals surface area contributed by atoms with Gasteiger partial charge < -0.3 is 9.72 Å². The molecule has 112 valence electrons. The Morgan fingerprint density at radius 1 is 1.36 bits per heavy atom. The number of aromatic amines is 1. The van der Waals surface area contributed by atoms with Gasteiger partial charge >= 0.3 is 0 Å². The predicted molar refractivity (Wildman–Crippen MR) is 84.0 cm³/mol. The molecule has 0 fully saturated rings. The lowest BCUT2D eigenvalue weighted by atomic mass is 10.3. The van der Waals surface area contributed by atoms with Crippen molar-refractivity contribution in [1.29, 1.82) is 0 Å². The fraction of sp³-hybridized carbons (Fsp3) is 0.143. The maximum atomic E-state index is 11.8. The molecule has 3 aromatic rings. The number of hydrogen-bond acceptors (Lipinski definition) is 6. The lowest BCUT2D eigenvalue weighted by molar-refractivity contribution is -0.113. The van der Waals surface area contributed by atoms with E-state index in [1.807, 2.05) is 18.2 Å². The van der Waals surface area contributed by atoms with Crippen molar-refractivity contribution in [3.8, 4) is 5.75 Å². The largest absolute Gasteiger partial charge is 0.497 e. The van der Waals surface area contributed by atoms with E-state index in [4.69, 9.17) is 4.74 Å². The second-order valence-electron chi connectivity index (χ2n) is 4.33. The maximum absolute atomic E-state index is 11.8. The van der Waals surface area contributed by atoms with Gasteiger partial charge in [-0.15, -0.1) is 0 Å². The molecule has 7 nitrogen and oxygen atoms in total. The number of thioether (sulfide) groups is 1. The number of aromatic nitrogens is 4. The summed E-state index contributed by atoms with van der Waals surface area (Å²) in [6.07, 6.45) is 3.14. The van der Waals surface area contributed by atoms with Crippen molar-refractivity contribution in [3.05, 3.63) is 36.7 Å². The average molecular weight is 315 g/mol. The van der Waals surface area contributed by atoms with Crippen LogP contribution in [0.4, 0.5) is 5.95 Å². The predicted octanol–water partition coefficient (Wildman–Crippen LogP) is 2.09. The van der Waals surface area contributed by atoms with Crippen LogP contribution in [0, 0.1) is 0 Å². The number of carbonyl (C=O) groups excluding carboxylic acids is 1. The van der Waals surface area contributed by atoms with Crippen molar-refractivity contribution in [3.63, 3.8) is 0 Å². The van der Waals surface area contributed by atoms with Crippen LogP contribution in [0.5, 0.6) is 5.75 Å². The minimum atomic E-state index is -0.186. The van der Waals surface area contributed by atoms with Crippen LogP contribution >= 0.6 is 11.8 Å². The first kappa shape index (κ1) is 14.3. The number of fused-ring (bicyclic) bond motifs is 1. The summed E-state index contributed by atoms with van der Waals surface area (Å²) in [7, 11) is 1.61. The molecule has 0 aliphatic heterocycles. The molecular formula is C14H13N5O2S. The Labute approximate surface area is 130 Å². The Morgan fingerprint density at radius 2 is 2.18 bits per heavy atom. The molecule has 0 saturated carbocycles. The molecule has 0 atom stereocenters. The normalized spacial score (nSPS) is 10.6. The molecule has 0 aliphatic carbocycles. The van der Waals surface area contributed by atoms with E-state index in [2.05, 4.69) is 25.3 Å². The van der Waals surface area contributed by atoms with Gasteiger partial charge in [0.2, 0.25) is 11.9 Å². The van der Waals surface area contributed by atoms with Crippen molar-refractivity contribution in [2.75, 3.05) is 18.2 Å². The van der Waals surface area contributed by atoms with Gasteiger partial charge in [-0.1, -0.05) is 11.8 Å². The third-order valence-corrected chi connectivity index (χ3v) is 3.70. The van der Waals surface area contributed by atoms with Gasteiger partial charge in [-0.25, -0.2) is 15.0 Å². The van der Waals surface area contributed by atoms with Crippen LogP contribution in [0.2, 0.25) is 0 Å². The number of ether oxygens (including phenoxy) is 1.